The van der Waals surface area contributed by atoms with E-state index in [1.807, 2.05) is 34.7 Å². The number of carboxylic acid groups (broad SMARTS) is 1. The topological polar surface area (TPSA) is 99.2 Å². The standard InChI is InChI=1S/C23H41N3O5/c1-8-14(4)20(17(31-7)12-18(27)28)26(6)23(30)19(13(2)3)24-22(29)21-15-9-10-16(11-15)25(21)5/h13-17,19-21H,8-12H2,1-7H3,(H,24,29)(H,27,28)/t14?,15-,16+,17?,19?,20?,21-/m0/s1. The molecule has 0 spiro atoms. The minimum absolute atomic E-state index is 0.0402. The second kappa shape index (κ2) is 10.8. The third kappa shape index (κ3) is 5.58. The van der Waals surface area contributed by atoms with Crippen LogP contribution < -0.4 is 5.32 Å². The summed E-state index contributed by atoms with van der Waals surface area (Å²) in [7, 11) is 5.17. The molecule has 1 aliphatic heterocycles. The Kier molecular flexibility index (Phi) is 8.89. The maximum Gasteiger partial charge on any atom is 0.306 e. The molecule has 2 fully saturated rings. The number of carbonyl (C=O) groups excluding carboxylic acids is 2. The van der Waals surface area contributed by atoms with Crippen molar-refractivity contribution >= 4 is 17.8 Å². The minimum Gasteiger partial charge on any atom is -0.481 e. The number of likely N-dealkylation sites (N-methyl/N-ethyl adjacent to an activating group) is 2. The number of hydrogen-bond acceptors (Lipinski definition) is 5. The minimum atomic E-state index is -0.964. The highest BCUT2D eigenvalue weighted by Gasteiger charge is 2.48. The van der Waals surface area contributed by atoms with Crippen molar-refractivity contribution in [3.63, 3.8) is 0 Å². The van der Waals surface area contributed by atoms with Gasteiger partial charge in [0.25, 0.3) is 0 Å². The van der Waals surface area contributed by atoms with Crippen LogP contribution in [0.5, 0.6) is 0 Å². The molecule has 2 amide bonds. The van der Waals surface area contributed by atoms with Crippen molar-refractivity contribution in [3.8, 4) is 0 Å². The van der Waals surface area contributed by atoms with Crippen LogP contribution >= 0.6 is 0 Å². The van der Waals surface area contributed by atoms with Crippen molar-refractivity contribution in [2.75, 3.05) is 21.2 Å². The first-order valence-electron chi connectivity index (χ1n) is 11.6. The molecule has 7 atom stereocenters. The van der Waals surface area contributed by atoms with E-state index in [1.165, 1.54) is 7.11 Å². The zero-order valence-corrected chi connectivity index (χ0v) is 20.1. The molecule has 0 aromatic carbocycles. The van der Waals surface area contributed by atoms with Gasteiger partial charge in [-0.3, -0.25) is 19.3 Å². The smallest absolute Gasteiger partial charge is 0.306 e. The second-order valence-electron chi connectivity index (χ2n) is 9.76. The van der Waals surface area contributed by atoms with E-state index in [0.29, 0.717) is 12.0 Å². The van der Waals surface area contributed by atoms with Gasteiger partial charge in [-0.05, 0) is 44.1 Å². The van der Waals surface area contributed by atoms with Gasteiger partial charge < -0.3 is 20.1 Å². The molecule has 178 valence electrons. The van der Waals surface area contributed by atoms with Crippen molar-refractivity contribution in [1.82, 2.24) is 15.1 Å². The number of likely N-dealkylation sites (tertiary alicyclic amines) is 1. The molecule has 2 aliphatic rings. The molecule has 0 aromatic rings. The fourth-order valence-corrected chi connectivity index (χ4v) is 5.48. The van der Waals surface area contributed by atoms with Crippen LogP contribution in [0.4, 0.5) is 0 Å². The highest BCUT2D eigenvalue weighted by molar-refractivity contribution is 5.90. The Morgan fingerprint density at radius 3 is 2.32 bits per heavy atom. The first kappa shape index (κ1) is 25.6. The molecule has 1 saturated heterocycles. The molecule has 1 saturated carbocycles. The van der Waals surface area contributed by atoms with Gasteiger partial charge in [-0.15, -0.1) is 0 Å². The molecule has 31 heavy (non-hydrogen) atoms. The summed E-state index contributed by atoms with van der Waals surface area (Å²) in [5.41, 5.74) is 0. The fraction of sp³-hybridized carbons (Fsp3) is 0.870. The average molecular weight is 440 g/mol. The summed E-state index contributed by atoms with van der Waals surface area (Å²) in [4.78, 5) is 41.8. The zero-order valence-electron chi connectivity index (χ0n) is 20.1. The number of rotatable bonds is 11. The van der Waals surface area contributed by atoms with Gasteiger partial charge in [0.1, 0.15) is 6.04 Å². The molecule has 1 aliphatic carbocycles. The highest BCUT2D eigenvalue weighted by Crippen LogP contribution is 2.41. The Hall–Kier alpha value is -1.67. The Labute approximate surface area is 186 Å². The molecule has 0 radical (unpaired) electrons. The van der Waals surface area contributed by atoms with E-state index in [0.717, 1.165) is 25.7 Å². The number of aliphatic carboxylic acids is 1. The summed E-state index contributed by atoms with van der Waals surface area (Å²) in [6.07, 6.45) is 3.22. The van der Waals surface area contributed by atoms with E-state index in [1.54, 1.807) is 11.9 Å². The lowest BCUT2D eigenvalue weighted by Gasteiger charge is -2.40. The highest BCUT2D eigenvalue weighted by atomic mass is 16.5. The van der Waals surface area contributed by atoms with E-state index in [4.69, 9.17) is 4.74 Å². The van der Waals surface area contributed by atoms with Gasteiger partial charge >= 0.3 is 5.97 Å². The van der Waals surface area contributed by atoms with Gasteiger partial charge in [-0.2, -0.15) is 0 Å². The molecule has 4 unspecified atom stereocenters. The third-order valence-electron chi connectivity index (χ3n) is 7.49. The molecule has 2 N–H and O–H groups in total. The SMILES string of the molecule is CCC(C)C(C(CC(=O)O)OC)N(C)C(=O)C(NC(=O)[C@@H]1[C@H]2CC[C@H](C2)N1C)C(C)C. The fourth-order valence-electron chi connectivity index (χ4n) is 5.48. The van der Waals surface area contributed by atoms with Crippen molar-refractivity contribution in [2.45, 2.75) is 90.1 Å². The number of methoxy groups -OCH3 is 1. The number of ether oxygens (including phenoxy) is 1. The zero-order chi connectivity index (χ0) is 23.5. The van der Waals surface area contributed by atoms with E-state index < -0.39 is 24.2 Å². The second-order valence-corrected chi connectivity index (χ2v) is 9.76. The third-order valence-corrected chi connectivity index (χ3v) is 7.49. The summed E-state index contributed by atoms with van der Waals surface area (Å²) in [5, 5.41) is 12.3. The molecule has 8 heteroatoms. The lowest BCUT2D eigenvalue weighted by Crippen LogP contribution is -2.59. The number of amides is 2. The summed E-state index contributed by atoms with van der Waals surface area (Å²) in [6.45, 7) is 7.85. The summed E-state index contributed by atoms with van der Waals surface area (Å²) >= 11 is 0. The molecular formula is C23H41N3O5. The number of piperidine rings is 1. The van der Waals surface area contributed by atoms with E-state index in [-0.39, 0.29) is 36.1 Å². The van der Waals surface area contributed by atoms with Crippen LogP contribution in [-0.4, -0.2) is 84.2 Å². The molecular weight excluding hydrogens is 398 g/mol. The summed E-state index contributed by atoms with van der Waals surface area (Å²) in [5.74, 6) is -0.943. The van der Waals surface area contributed by atoms with Gasteiger partial charge in [0.05, 0.1) is 24.6 Å². The average Bonchev–Trinajstić information content (AvgIpc) is 3.31. The van der Waals surface area contributed by atoms with Crippen molar-refractivity contribution in [1.29, 1.82) is 0 Å². The first-order chi connectivity index (χ1) is 14.5. The Morgan fingerprint density at radius 1 is 1.23 bits per heavy atom. The van der Waals surface area contributed by atoms with Gasteiger partial charge in [-0.1, -0.05) is 34.1 Å². The lowest BCUT2D eigenvalue weighted by molar-refractivity contribution is -0.148. The largest absolute Gasteiger partial charge is 0.481 e. The van der Waals surface area contributed by atoms with Crippen molar-refractivity contribution in [2.24, 2.45) is 17.8 Å². The van der Waals surface area contributed by atoms with Crippen LogP contribution in [0.15, 0.2) is 0 Å². The first-order valence-corrected chi connectivity index (χ1v) is 11.6. The van der Waals surface area contributed by atoms with Gasteiger partial charge in [-0.25, -0.2) is 0 Å². The molecule has 0 aromatic heterocycles. The predicted molar refractivity (Wildman–Crippen MR) is 119 cm³/mol. The van der Waals surface area contributed by atoms with E-state index in [2.05, 4.69) is 10.2 Å². The maximum absolute atomic E-state index is 13.5. The van der Waals surface area contributed by atoms with Crippen molar-refractivity contribution in [3.05, 3.63) is 0 Å². The normalized spacial score (nSPS) is 27.0. The molecule has 8 nitrogen and oxygen atoms in total. The quantitative estimate of drug-likeness (QED) is 0.511. The van der Waals surface area contributed by atoms with Crippen molar-refractivity contribution < 1.29 is 24.2 Å². The van der Waals surface area contributed by atoms with Crippen LogP contribution in [0.25, 0.3) is 0 Å². The maximum atomic E-state index is 13.5. The lowest BCUT2D eigenvalue weighted by atomic mass is 9.90. The number of carbonyl (C=O) groups is 3. The molecule has 2 rings (SSSR count). The summed E-state index contributed by atoms with van der Waals surface area (Å²) in [6, 6.07) is -0.784. The van der Waals surface area contributed by atoms with Crippen LogP contribution in [0.1, 0.15) is 59.8 Å². The summed E-state index contributed by atoms with van der Waals surface area (Å²) < 4.78 is 5.50. The number of carboxylic acids is 1. The monoisotopic (exact) mass is 439 g/mol. The Bertz CT molecular complexity index is 653. The number of fused-ring (bicyclic) bond motifs is 2. The molecule has 2 bridgehead atoms. The predicted octanol–water partition coefficient (Wildman–Crippen LogP) is 1.97. The van der Waals surface area contributed by atoms with Crippen LogP contribution in [0.3, 0.4) is 0 Å². The molecule has 1 heterocycles. The van der Waals surface area contributed by atoms with Crippen LogP contribution in [0.2, 0.25) is 0 Å². The van der Waals surface area contributed by atoms with Gasteiger partial charge in [0, 0.05) is 20.2 Å². The Morgan fingerprint density at radius 2 is 1.87 bits per heavy atom. The van der Waals surface area contributed by atoms with Gasteiger partial charge in [0.2, 0.25) is 11.8 Å². The van der Waals surface area contributed by atoms with E-state index in [9.17, 15) is 19.5 Å². The number of hydrogen-bond donors (Lipinski definition) is 2. The van der Waals surface area contributed by atoms with E-state index >= 15 is 0 Å². The van der Waals surface area contributed by atoms with Crippen LogP contribution in [0, 0.1) is 17.8 Å². The number of nitrogens with zero attached hydrogens (tertiary/aromatic N) is 2. The van der Waals surface area contributed by atoms with Crippen LogP contribution in [-0.2, 0) is 19.1 Å². The Balaban J connectivity index is 2.19. The van der Waals surface area contributed by atoms with Gasteiger partial charge in [0.15, 0.2) is 0 Å². The number of nitrogens with one attached hydrogen (secondary N) is 1.